The third kappa shape index (κ3) is 7.64. The molecule has 1 saturated carbocycles. The molecule has 2 aliphatic rings. The number of ether oxygens (including phenoxy) is 1. The summed E-state index contributed by atoms with van der Waals surface area (Å²) in [7, 11) is 1.68. The van der Waals surface area contributed by atoms with Crippen LogP contribution < -0.4 is 4.74 Å². The summed E-state index contributed by atoms with van der Waals surface area (Å²) in [5.74, 6) is 2.83. The Labute approximate surface area is 236 Å². The van der Waals surface area contributed by atoms with Gasteiger partial charge in [0.1, 0.15) is 11.6 Å². The predicted octanol–water partition coefficient (Wildman–Crippen LogP) is 8.94. The Hall–Kier alpha value is -2.36. The van der Waals surface area contributed by atoms with Crippen molar-refractivity contribution in [3.05, 3.63) is 65.5 Å². The molecule has 2 aromatic rings. The van der Waals surface area contributed by atoms with E-state index in [9.17, 15) is 9.18 Å². The molecule has 1 saturated heterocycles. The maximum absolute atomic E-state index is 14.1. The number of benzene rings is 2. The van der Waals surface area contributed by atoms with Crippen LogP contribution in [-0.2, 0) is 16.8 Å². The minimum absolute atomic E-state index is 0.0204. The summed E-state index contributed by atoms with van der Waals surface area (Å²) in [6, 6.07) is 15.5. The molecule has 4 rings (SSSR count). The Morgan fingerprint density at radius 2 is 1.69 bits per heavy atom. The first-order valence-electron chi connectivity index (χ1n) is 15.5. The lowest BCUT2D eigenvalue weighted by Crippen LogP contribution is -2.39. The standard InChI is InChI=1S/C35H50FNO2/c1-5-26(2)24-35(31-14-16-32(36)17-15-31)20-7-11-30(23-28-9-6-10-28)27(3)34(38)37(22-8-21-35)25-29-12-18-33(39-4)19-13-29/h12-19,26-28,30H,5-11,20-25H2,1-4H3/t26?,27?,30?,35-/m0/s1. The van der Waals surface area contributed by atoms with Crippen molar-refractivity contribution in [3.8, 4) is 5.75 Å². The van der Waals surface area contributed by atoms with Crippen LogP contribution in [0.2, 0.25) is 0 Å². The Bertz CT molecular complexity index is 1030. The minimum atomic E-state index is -0.167. The highest BCUT2D eigenvalue weighted by atomic mass is 19.1. The molecule has 39 heavy (non-hydrogen) atoms. The zero-order valence-electron chi connectivity index (χ0n) is 24.8. The van der Waals surface area contributed by atoms with Gasteiger partial charge < -0.3 is 9.64 Å². The van der Waals surface area contributed by atoms with Gasteiger partial charge in [-0.05, 0) is 97.1 Å². The van der Waals surface area contributed by atoms with Crippen LogP contribution in [0.3, 0.4) is 0 Å². The van der Waals surface area contributed by atoms with Gasteiger partial charge in [-0.15, -0.1) is 0 Å². The van der Waals surface area contributed by atoms with Gasteiger partial charge >= 0.3 is 0 Å². The predicted molar refractivity (Wildman–Crippen MR) is 158 cm³/mol. The highest BCUT2D eigenvalue weighted by molar-refractivity contribution is 5.78. The van der Waals surface area contributed by atoms with E-state index in [1.165, 1.54) is 31.2 Å². The third-order valence-electron chi connectivity index (χ3n) is 10.0. The van der Waals surface area contributed by atoms with Crippen molar-refractivity contribution in [2.75, 3.05) is 13.7 Å². The Morgan fingerprint density at radius 3 is 2.31 bits per heavy atom. The number of nitrogens with zero attached hydrogens (tertiary/aromatic N) is 1. The van der Waals surface area contributed by atoms with E-state index < -0.39 is 0 Å². The largest absolute Gasteiger partial charge is 0.497 e. The second kappa shape index (κ2) is 13.8. The Balaban J connectivity index is 1.64. The summed E-state index contributed by atoms with van der Waals surface area (Å²) < 4.78 is 19.3. The van der Waals surface area contributed by atoms with Gasteiger partial charge in [-0.1, -0.05) is 77.1 Å². The van der Waals surface area contributed by atoms with Crippen molar-refractivity contribution in [1.29, 1.82) is 0 Å². The number of methoxy groups -OCH3 is 1. The number of carbonyl (C=O) groups excluding carboxylic acids is 1. The van der Waals surface area contributed by atoms with E-state index >= 15 is 0 Å². The number of hydrogen-bond acceptors (Lipinski definition) is 2. The fourth-order valence-corrected chi connectivity index (χ4v) is 7.10. The molecule has 0 aromatic heterocycles. The van der Waals surface area contributed by atoms with E-state index in [2.05, 4.69) is 37.8 Å². The lowest BCUT2D eigenvalue weighted by Gasteiger charge is -2.38. The van der Waals surface area contributed by atoms with Crippen molar-refractivity contribution in [3.63, 3.8) is 0 Å². The lowest BCUT2D eigenvalue weighted by molar-refractivity contribution is -0.138. The molecule has 0 spiro atoms. The molecular weight excluding hydrogens is 485 g/mol. The highest BCUT2D eigenvalue weighted by Crippen LogP contribution is 2.44. The van der Waals surface area contributed by atoms with Gasteiger partial charge in [0.25, 0.3) is 0 Å². The maximum Gasteiger partial charge on any atom is 0.225 e. The van der Waals surface area contributed by atoms with Gasteiger partial charge in [0.15, 0.2) is 0 Å². The van der Waals surface area contributed by atoms with Crippen molar-refractivity contribution in [2.24, 2.45) is 23.7 Å². The highest BCUT2D eigenvalue weighted by Gasteiger charge is 2.37. The molecule has 2 aromatic carbocycles. The molecule has 4 heteroatoms. The summed E-state index contributed by atoms with van der Waals surface area (Å²) in [6.07, 6.45) is 12.7. The first-order chi connectivity index (χ1) is 18.8. The molecule has 3 nitrogen and oxygen atoms in total. The summed E-state index contributed by atoms with van der Waals surface area (Å²) in [4.78, 5) is 16.2. The van der Waals surface area contributed by atoms with Crippen molar-refractivity contribution in [1.82, 2.24) is 4.90 Å². The molecule has 3 unspecified atom stereocenters. The van der Waals surface area contributed by atoms with Crippen LogP contribution in [-0.4, -0.2) is 24.5 Å². The zero-order chi connectivity index (χ0) is 27.8. The first-order valence-corrected chi connectivity index (χ1v) is 15.5. The summed E-state index contributed by atoms with van der Waals surface area (Å²) >= 11 is 0. The number of hydrogen-bond donors (Lipinski definition) is 0. The normalized spacial score (nSPS) is 26.0. The van der Waals surface area contributed by atoms with Crippen LogP contribution in [0.15, 0.2) is 48.5 Å². The van der Waals surface area contributed by atoms with Gasteiger partial charge in [-0.2, -0.15) is 0 Å². The molecule has 0 N–H and O–H groups in total. The molecule has 1 heterocycles. The van der Waals surface area contributed by atoms with E-state index in [0.29, 0.717) is 24.3 Å². The van der Waals surface area contributed by atoms with E-state index in [4.69, 9.17) is 4.74 Å². The maximum atomic E-state index is 14.1. The van der Waals surface area contributed by atoms with Crippen molar-refractivity contribution >= 4 is 5.91 Å². The average molecular weight is 536 g/mol. The smallest absolute Gasteiger partial charge is 0.225 e. The second-order valence-electron chi connectivity index (χ2n) is 12.7. The van der Waals surface area contributed by atoms with E-state index in [1.54, 1.807) is 19.2 Å². The quantitative estimate of drug-likeness (QED) is 0.321. The van der Waals surface area contributed by atoms with Gasteiger partial charge in [0, 0.05) is 19.0 Å². The number of carbonyl (C=O) groups is 1. The van der Waals surface area contributed by atoms with Crippen LogP contribution in [0.1, 0.15) is 103 Å². The molecule has 0 bridgehead atoms. The monoisotopic (exact) mass is 535 g/mol. The molecule has 214 valence electrons. The van der Waals surface area contributed by atoms with Crippen LogP contribution in [0.25, 0.3) is 0 Å². The first kappa shape index (κ1) is 29.6. The Kier molecular flexibility index (Phi) is 10.5. The average Bonchev–Trinajstić information content (AvgIpc) is 2.94. The summed E-state index contributed by atoms with van der Waals surface area (Å²) in [6.45, 7) is 8.22. The Morgan fingerprint density at radius 1 is 1.00 bits per heavy atom. The van der Waals surface area contributed by atoms with Crippen molar-refractivity contribution in [2.45, 2.75) is 103 Å². The second-order valence-corrected chi connectivity index (χ2v) is 12.7. The SMILES string of the molecule is CCC(C)C[C@]1(c2ccc(F)cc2)CCCC(CC2CCC2)C(C)C(=O)N(Cc2ccc(OC)cc2)CCC1. The van der Waals surface area contributed by atoms with Gasteiger partial charge in [0.2, 0.25) is 5.91 Å². The number of halogens is 1. The lowest BCUT2D eigenvalue weighted by atomic mass is 9.67. The number of rotatable bonds is 9. The van der Waals surface area contributed by atoms with E-state index in [1.807, 2.05) is 24.3 Å². The molecule has 4 atom stereocenters. The molecule has 1 aliphatic carbocycles. The van der Waals surface area contributed by atoms with Crippen LogP contribution >= 0.6 is 0 Å². The van der Waals surface area contributed by atoms with Crippen LogP contribution in [0, 0.1) is 29.5 Å². The van der Waals surface area contributed by atoms with Gasteiger partial charge in [0.05, 0.1) is 7.11 Å². The molecule has 1 amide bonds. The van der Waals surface area contributed by atoms with Crippen LogP contribution in [0.4, 0.5) is 4.39 Å². The van der Waals surface area contributed by atoms with Crippen LogP contribution in [0.5, 0.6) is 5.75 Å². The van der Waals surface area contributed by atoms with Gasteiger partial charge in [-0.3, -0.25) is 4.79 Å². The third-order valence-corrected chi connectivity index (χ3v) is 10.0. The molecule has 0 radical (unpaired) electrons. The summed E-state index contributed by atoms with van der Waals surface area (Å²) in [5.41, 5.74) is 2.44. The van der Waals surface area contributed by atoms with Gasteiger partial charge in [-0.25, -0.2) is 4.39 Å². The van der Waals surface area contributed by atoms with E-state index in [-0.39, 0.29) is 17.2 Å². The summed E-state index contributed by atoms with van der Waals surface area (Å²) in [5, 5.41) is 0. The fourth-order valence-electron chi connectivity index (χ4n) is 7.10. The van der Waals surface area contributed by atoms with E-state index in [0.717, 1.165) is 68.7 Å². The molecule has 1 aliphatic heterocycles. The number of amides is 1. The molecule has 2 fully saturated rings. The molecular formula is C35H50FNO2. The topological polar surface area (TPSA) is 29.5 Å². The zero-order valence-corrected chi connectivity index (χ0v) is 24.8. The fraction of sp³-hybridized carbons (Fsp3) is 0.629. The minimum Gasteiger partial charge on any atom is -0.497 e. The van der Waals surface area contributed by atoms with Crippen molar-refractivity contribution < 1.29 is 13.9 Å².